The van der Waals surface area contributed by atoms with Gasteiger partial charge in [-0.05, 0) is 48.7 Å². The molecule has 0 radical (unpaired) electrons. The van der Waals surface area contributed by atoms with Gasteiger partial charge in [0.25, 0.3) is 0 Å². The zero-order valence-electron chi connectivity index (χ0n) is 16.9. The molecule has 0 saturated heterocycles. The number of nitrogens with zero attached hydrogens (tertiary/aromatic N) is 1. The van der Waals surface area contributed by atoms with Gasteiger partial charge >= 0.3 is 0 Å². The van der Waals surface area contributed by atoms with E-state index in [0.29, 0.717) is 32.2 Å². The number of carbonyl (C=O) groups is 2. The van der Waals surface area contributed by atoms with Crippen molar-refractivity contribution in [3.8, 4) is 0 Å². The van der Waals surface area contributed by atoms with Gasteiger partial charge in [0.1, 0.15) is 6.04 Å². The van der Waals surface area contributed by atoms with E-state index >= 15 is 0 Å². The van der Waals surface area contributed by atoms with Crippen LogP contribution in [0.3, 0.4) is 0 Å². The lowest BCUT2D eigenvalue weighted by Crippen LogP contribution is -2.48. The molecule has 162 valence electrons. The van der Waals surface area contributed by atoms with Crippen molar-refractivity contribution in [1.29, 1.82) is 0 Å². The van der Waals surface area contributed by atoms with E-state index in [-0.39, 0.29) is 24.8 Å². The molecule has 0 fully saturated rings. The quantitative estimate of drug-likeness (QED) is 0.427. The van der Waals surface area contributed by atoms with Crippen molar-refractivity contribution >= 4 is 58.2 Å². The van der Waals surface area contributed by atoms with Crippen LogP contribution >= 0.6 is 46.4 Å². The van der Waals surface area contributed by atoms with Crippen LogP contribution < -0.4 is 5.32 Å². The number of nitrogens with one attached hydrogen (secondary N) is 1. The molecule has 0 heterocycles. The third kappa shape index (κ3) is 7.05. The molecule has 0 aliphatic rings. The maximum atomic E-state index is 13.2. The molecule has 2 amide bonds. The summed E-state index contributed by atoms with van der Waals surface area (Å²) < 4.78 is 0. The largest absolute Gasteiger partial charge is 0.354 e. The molecule has 0 saturated carbocycles. The molecule has 4 nitrogen and oxygen atoms in total. The van der Waals surface area contributed by atoms with Crippen LogP contribution in [0.25, 0.3) is 0 Å². The first-order chi connectivity index (χ1) is 14.2. The molecule has 30 heavy (non-hydrogen) atoms. The number of rotatable bonds is 9. The van der Waals surface area contributed by atoms with Crippen molar-refractivity contribution in [3.05, 3.63) is 67.6 Å². The van der Waals surface area contributed by atoms with Gasteiger partial charge in [-0.1, -0.05) is 71.9 Å². The van der Waals surface area contributed by atoms with Crippen molar-refractivity contribution in [1.82, 2.24) is 10.2 Å². The Bertz CT molecular complexity index is 905. The van der Waals surface area contributed by atoms with Crippen molar-refractivity contribution in [3.63, 3.8) is 0 Å². The molecule has 0 bridgehead atoms. The van der Waals surface area contributed by atoms with Gasteiger partial charge in [-0.25, -0.2) is 0 Å². The van der Waals surface area contributed by atoms with Gasteiger partial charge in [0.05, 0.1) is 26.5 Å². The van der Waals surface area contributed by atoms with Crippen LogP contribution in [-0.4, -0.2) is 29.3 Å². The highest BCUT2D eigenvalue weighted by Gasteiger charge is 2.26. The number of amides is 2. The Hall–Kier alpha value is -1.46. The van der Waals surface area contributed by atoms with E-state index in [2.05, 4.69) is 5.32 Å². The molecule has 0 aliphatic heterocycles. The second kappa shape index (κ2) is 11.8. The smallest absolute Gasteiger partial charge is 0.242 e. The fourth-order valence-corrected chi connectivity index (χ4v) is 3.52. The number of carbonyl (C=O) groups excluding carboxylic acids is 2. The predicted octanol–water partition coefficient (Wildman–Crippen LogP) is 6.18. The molecule has 1 unspecified atom stereocenters. The lowest BCUT2D eigenvalue weighted by atomic mass is 10.1. The van der Waals surface area contributed by atoms with Gasteiger partial charge in [0.2, 0.25) is 11.8 Å². The third-order valence-corrected chi connectivity index (χ3v) is 6.15. The molecule has 1 atom stereocenters. The lowest BCUT2D eigenvalue weighted by Gasteiger charge is -2.29. The first-order valence-corrected chi connectivity index (χ1v) is 11.2. The molecular weight excluding hydrogens is 466 g/mol. The van der Waals surface area contributed by atoms with Crippen LogP contribution in [0.1, 0.15) is 37.8 Å². The maximum absolute atomic E-state index is 13.2. The molecule has 2 aromatic carbocycles. The Morgan fingerprint density at radius 3 is 2.07 bits per heavy atom. The minimum Gasteiger partial charge on any atom is -0.354 e. The summed E-state index contributed by atoms with van der Waals surface area (Å²) >= 11 is 24.2. The highest BCUT2D eigenvalue weighted by molar-refractivity contribution is 6.42. The van der Waals surface area contributed by atoms with E-state index in [4.69, 9.17) is 46.4 Å². The summed E-state index contributed by atoms with van der Waals surface area (Å²) in [6.07, 6.45) is 1.94. The summed E-state index contributed by atoms with van der Waals surface area (Å²) in [5.74, 6) is -0.413. The Kier molecular flexibility index (Phi) is 9.76. The maximum Gasteiger partial charge on any atom is 0.242 e. The van der Waals surface area contributed by atoms with Gasteiger partial charge < -0.3 is 10.2 Å². The first-order valence-electron chi connectivity index (χ1n) is 9.68. The number of benzene rings is 2. The molecule has 8 heteroatoms. The fourth-order valence-electron chi connectivity index (χ4n) is 2.88. The summed E-state index contributed by atoms with van der Waals surface area (Å²) in [6.45, 7) is 4.55. The molecule has 2 rings (SSSR count). The minimum absolute atomic E-state index is 0.0881. The van der Waals surface area contributed by atoms with Gasteiger partial charge in [-0.15, -0.1) is 0 Å². The predicted molar refractivity (Wildman–Crippen MR) is 125 cm³/mol. The van der Waals surface area contributed by atoms with E-state index in [9.17, 15) is 9.59 Å². The van der Waals surface area contributed by atoms with Gasteiger partial charge in [-0.3, -0.25) is 9.59 Å². The van der Waals surface area contributed by atoms with E-state index in [1.807, 2.05) is 6.92 Å². The van der Waals surface area contributed by atoms with Gasteiger partial charge in [-0.2, -0.15) is 0 Å². The molecule has 0 aliphatic carbocycles. The zero-order chi connectivity index (χ0) is 22.3. The minimum atomic E-state index is -0.661. The highest BCUT2D eigenvalue weighted by Crippen LogP contribution is 2.25. The second-order valence-corrected chi connectivity index (χ2v) is 8.64. The SMILES string of the molecule is CCCCNC(=O)C(C)N(Cc1ccc(Cl)c(Cl)c1)C(=O)Cc1ccc(Cl)c(Cl)c1. The number of hydrogen-bond donors (Lipinski definition) is 1. The van der Waals surface area contributed by atoms with Crippen LogP contribution in [0.15, 0.2) is 36.4 Å². The van der Waals surface area contributed by atoms with Crippen LogP contribution in [0, 0.1) is 0 Å². The molecule has 2 aromatic rings. The fraction of sp³-hybridized carbons (Fsp3) is 0.364. The second-order valence-electron chi connectivity index (χ2n) is 7.02. The number of halogens is 4. The Morgan fingerprint density at radius 2 is 1.50 bits per heavy atom. The highest BCUT2D eigenvalue weighted by atomic mass is 35.5. The Morgan fingerprint density at radius 1 is 0.933 bits per heavy atom. The van der Waals surface area contributed by atoms with Crippen LogP contribution in [0.5, 0.6) is 0 Å². The lowest BCUT2D eigenvalue weighted by molar-refractivity contribution is -0.140. The summed E-state index contributed by atoms with van der Waals surface area (Å²) in [7, 11) is 0. The molecule has 0 aromatic heterocycles. The van der Waals surface area contributed by atoms with Gasteiger partial charge in [0, 0.05) is 13.1 Å². The van der Waals surface area contributed by atoms with Crippen molar-refractivity contribution in [2.24, 2.45) is 0 Å². The number of unbranched alkanes of at least 4 members (excludes halogenated alkanes) is 1. The average Bonchev–Trinajstić information content (AvgIpc) is 2.71. The number of hydrogen-bond acceptors (Lipinski definition) is 2. The van der Waals surface area contributed by atoms with E-state index in [1.165, 1.54) is 4.90 Å². The normalized spacial score (nSPS) is 11.8. The first kappa shape index (κ1) is 24.8. The van der Waals surface area contributed by atoms with E-state index < -0.39 is 6.04 Å². The van der Waals surface area contributed by atoms with E-state index in [0.717, 1.165) is 18.4 Å². The molecule has 1 N–H and O–H groups in total. The molecular formula is C22H24Cl4N2O2. The summed E-state index contributed by atoms with van der Waals surface area (Å²) in [6, 6.07) is 9.55. The summed E-state index contributed by atoms with van der Waals surface area (Å²) in [4.78, 5) is 27.3. The van der Waals surface area contributed by atoms with Gasteiger partial charge in [0.15, 0.2) is 0 Å². The van der Waals surface area contributed by atoms with E-state index in [1.54, 1.807) is 43.3 Å². The summed E-state index contributed by atoms with van der Waals surface area (Å²) in [5, 5.41) is 4.51. The molecule has 0 spiro atoms. The zero-order valence-corrected chi connectivity index (χ0v) is 19.9. The van der Waals surface area contributed by atoms with Crippen LogP contribution in [0.2, 0.25) is 20.1 Å². The Labute approximate surface area is 197 Å². The van der Waals surface area contributed by atoms with Crippen molar-refractivity contribution in [2.45, 2.75) is 45.7 Å². The summed E-state index contributed by atoms with van der Waals surface area (Å²) in [5.41, 5.74) is 1.49. The van der Waals surface area contributed by atoms with Crippen LogP contribution in [-0.2, 0) is 22.6 Å². The average molecular weight is 490 g/mol. The standard InChI is InChI=1S/C22H24Cl4N2O2/c1-3-4-9-27-22(30)14(2)28(13-16-6-8-18(24)20(26)11-16)21(29)12-15-5-7-17(23)19(25)10-15/h5-8,10-11,14H,3-4,9,12-13H2,1-2H3,(H,27,30). The van der Waals surface area contributed by atoms with Crippen molar-refractivity contribution in [2.75, 3.05) is 6.54 Å². The van der Waals surface area contributed by atoms with Crippen LogP contribution in [0.4, 0.5) is 0 Å². The third-order valence-electron chi connectivity index (χ3n) is 4.67. The topological polar surface area (TPSA) is 49.4 Å². The Balaban J connectivity index is 2.23. The monoisotopic (exact) mass is 488 g/mol. The van der Waals surface area contributed by atoms with Crippen molar-refractivity contribution < 1.29 is 9.59 Å².